The van der Waals surface area contributed by atoms with Crippen LogP contribution in [-0.4, -0.2) is 35.0 Å². The molecule has 0 bridgehead atoms. The lowest BCUT2D eigenvalue weighted by Crippen LogP contribution is -2.54. The molecule has 0 radical (unpaired) electrons. The highest BCUT2D eigenvalue weighted by molar-refractivity contribution is 7.10. The van der Waals surface area contributed by atoms with E-state index < -0.39 is 5.97 Å². The number of rotatable bonds is 3. The van der Waals surface area contributed by atoms with Gasteiger partial charge in [0, 0.05) is 23.9 Å². The van der Waals surface area contributed by atoms with Gasteiger partial charge in [-0.25, -0.2) is 0 Å². The number of nitrogens with zero attached hydrogens (tertiary/aromatic N) is 1. The Morgan fingerprint density at radius 2 is 2.20 bits per heavy atom. The summed E-state index contributed by atoms with van der Waals surface area (Å²) in [6.45, 7) is 2.93. The first-order chi connectivity index (χ1) is 9.58. The average Bonchev–Trinajstić information content (AvgIpc) is 2.84. The predicted molar refractivity (Wildman–Crippen MR) is 76.9 cm³/mol. The lowest BCUT2D eigenvalue weighted by molar-refractivity contribution is -0.151. The highest BCUT2D eigenvalue weighted by Gasteiger charge is 2.40. The maximum Gasteiger partial charge on any atom is 0.306 e. The van der Waals surface area contributed by atoms with Crippen LogP contribution in [0.5, 0.6) is 0 Å². The number of hydrogen-bond acceptors (Lipinski definition) is 3. The van der Waals surface area contributed by atoms with E-state index in [9.17, 15) is 9.59 Å². The zero-order valence-corrected chi connectivity index (χ0v) is 12.4. The number of fused-ring (bicyclic) bond motifs is 1. The smallest absolute Gasteiger partial charge is 0.306 e. The third kappa shape index (κ3) is 2.24. The Hall–Kier alpha value is -1.36. The summed E-state index contributed by atoms with van der Waals surface area (Å²) in [5.74, 6) is -0.812. The van der Waals surface area contributed by atoms with Gasteiger partial charge in [-0.05, 0) is 36.3 Å². The third-order valence-electron chi connectivity index (χ3n) is 4.67. The molecule has 2 atom stereocenters. The van der Waals surface area contributed by atoms with Crippen molar-refractivity contribution in [3.05, 3.63) is 21.9 Å². The van der Waals surface area contributed by atoms with E-state index in [4.69, 9.17) is 5.11 Å². The van der Waals surface area contributed by atoms with Crippen LogP contribution in [0.15, 0.2) is 11.4 Å². The number of thiophene rings is 1. The van der Waals surface area contributed by atoms with Crippen molar-refractivity contribution in [2.75, 3.05) is 13.1 Å². The zero-order valence-electron chi connectivity index (χ0n) is 11.5. The van der Waals surface area contributed by atoms with Crippen LogP contribution in [0.1, 0.15) is 36.1 Å². The molecule has 0 spiro atoms. The van der Waals surface area contributed by atoms with E-state index in [1.807, 2.05) is 4.90 Å². The molecule has 1 aromatic rings. The third-order valence-corrected chi connectivity index (χ3v) is 5.66. The monoisotopic (exact) mass is 293 g/mol. The summed E-state index contributed by atoms with van der Waals surface area (Å²) in [7, 11) is 0. The highest BCUT2D eigenvalue weighted by atomic mass is 32.1. The summed E-state index contributed by atoms with van der Waals surface area (Å²) in [5, 5.41) is 11.1. The molecule has 2 unspecified atom stereocenters. The second-order valence-corrected chi connectivity index (χ2v) is 6.87. The van der Waals surface area contributed by atoms with Crippen LogP contribution in [0.4, 0.5) is 0 Å². The topological polar surface area (TPSA) is 57.6 Å². The van der Waals surface area contributed by atoms with E-state index >= 15 is 0 Å². The van der Waals surface area contributed by atoms with E-state index in [1.165, 1.54) is 10.4 Å². The fraction of sp³-hybridized carbons (Fsp3) is 0.600. The van der Waals surface area contributed by atoms with Crippen molar-refractivity contribution in [1.29, 1.82) is 0 Å². The van der Waals surface area contributed by atoms with Gasteiger partial charge in [0.15, 0.2) is 0 Å². The summed E-state index contributed by atoms with van der Waals surface area (Å²) in [6.07, 6.45) is 3.10. The van der Waals surface area contributed by atoms with E-state index in [-0.39, 0.29) is 23.7 Å². The van der Waals surface area contributed by atoms with Gasteiger partial charge in [-0.3, -0.25) is 9.59 Å². The van der Waals surface area contributed by atoms with Gasteiger partial charge in [0.2, 0.25) is 5.91 Å². The number of aliphatic carboxylic acids is 1. The minimum atomic E-state index is -0.764. The Bertz CT molecular complexity index is 533. The zero-order chi connectivity index (χ0) is 14.3. The lowest BCUT2D eigenvalue weighted by atomic mass is 9.82. The second kappa shape index (κ2) is 5.20. The van der Waals surface area contributed by atoms with Crippen LogP contribution in [0.3, 0.4) is 0 Å². The first kappa shape index (κ1) is 13.6. The molecule has 1 aliphatic carbocycles. The van der Waals surface area contributed by atoms with Gasteiger partial charge in [0.1, 0.15) is 0 Å². The maximum absolute atomic E-state index is 12.6. The SMILES string of the molecule is CC(C(=O)O)C1CN(C(=O)C2CCCc3sccc32)C1. The normalized spacial score (nSPS) is 23.9. The number of carboxylic acids is 1. The van der Waals surface area contributed by atoms with Crippen LogP contribution in [0.25, 0.3) is 0 Å². The van der Waals surface area contributed by atoms with Crippen molar-refractivity contribution in [2.45, 2.75) is 32.1 Å². The molecule has 5 heteroatoms. The second-order valence-electron chi connectivity index (χ2n) is 5.87. The number of aryl methyl sites for hydroxylation is 1. The van der Waals surface area contributed by atoms with Crippen molar-refractivity contribution >= 4 is 23.2 Å². The summed E-state index contributed by atoms with van der Waals surface area (Å²) in [5.41, 5.74) is 1.21. The fourth-order valence-electron chi connectivity index (χ4n) is 3.17. The Morgan fingerprint density at radius 3 is 2.90 bits per heavy atom. The van der Waals surface area contributed by atoms with Gasteiger partial charge in [-0.1, -0.05) is 6.92 Å². The number of hydrogen-bond donors (Lipinski definition) is 1. The van der Waals surface area contributed by atoms with Crippen LogP contribution < -0.4 is 0 Å². The van der Waals surface area contributed by atoms with Gasteiger partial charge in [-0.2, -0.15) is 0 Å². The van der Waals surface area contributed by atoms with Crippen molar-refractivity contribution in [3.8, 4) is 0 Å². The Morgan fingerprint density at radius 1 is 1.45 bits per heavy atom. The molecule has 1 aromatic heterocycles. The molecule has 1 fully saturated rings. The van der Waals surface area contributed by atoms with E-state index in [0.29, 0.717) is 13.1 Å². The molecule has 1 aliphatic heterocycles. The molecule has 1 amide bonds. The molecule has 0 saturated carbocycles. The molecule has 4 nitrogen and oxygen atoms in total. The Labute approximate surface area is 122 Å². The Kier molecular flexibility index (Phi) is 3.54. The van der Waals surface area contributed by atoms with Gasteiger partial charge in [0.25, 0.3) is 0 Å². The summed E-state index contributed by atoms with van der Waals surface area (Å²) < 4.78 is 0. The van der Waals surface area contributed by atoms with E-state index in [1.54, 1.807) is 18.3 Å². The summed E-state index contributed by atoms with van der Waals surface area (Å²) in [4.78, 5) is 26.7. The molecule has 108 valence electrons. The first-order valence-corrected chi connectivity index (χ1v) is 8.03. The summed E-state index contributed by atoms with van der Waals surface area (Å²) in [6, 6.07) is 2.08. The average molecular weight is 293 g/mol. The van der Waals surface area contributed by atoms with Crippen LogP contribution >= 0.6 is 11.3 Å². The first-order valence-electron chi connectivity index (χ1n) is 7.15. The molecule has 0 aromatic carbocycles. The van der Waals surface area contributed by atoms with Crippen molar-refractivity contribution < 1.29 is 14.7 Å². The standard InChI is InChI=1S/C15H19NO3S/c1-9(15(18)19)10-7-16(8-10)14(17)12-3-2-4-13-11(12)5-6-20-13/h5-6,9-10,12H,2-4,7-8H2,1H3,(H,18,19). The minimum Gasteiger partial charge on any atom is -0.481 e. The van der Waals surface area contributed by atoms with Crippen LogP contribution in [0, 0.1) is 11.8 Å². The van der Waals surface area contributed by atoms with E-state index in [2.05, 4.69) is 11.4 Å². The molecule has 2 aliphatic rings. The molecular formula is C15H19NO3S. The summed E-state index contributed by atoms with van der Waals surface area (Å²) >= 11 is 1.74. The molecule has 2 heterocycles. The largest absolute Gasteiger partial charge is 0.481 e. The molecular weight excluding hydrogens is 274 g/mol. The number of amides is 1. The fourth-order valence-corrected chi connectivity index (χ4v) is 4.16. The highest BCUT2D eigenvalue weighted by Crippen LogP contribution is 2.37. The van der Waals surface area contributed by atoms with Crippen molar-refractivity contribution in [3.63, 3.8) is 0 Å². The van der Waals surface area contributed by atoms with Crippen LogP contribution in [-0.2, 0) is 16.0 Å². The maximum atomic E-state index is 12.6. The van der Waals surface area contributed by atoms with Gasteiger partial charge in [-0.15, -0.1) is 11.3 Å². The van der Waals surface area contributed by atoms with E-state index in [0.717, 1.165) is 19.3 Å². The van der Waals surface area contributed by atoms with Gasteiger partial charge < -0.3 is 10.0 Å². The van der Waals surface area contributed by atoms with Gasteiger partial charge in [0.05, 0.1) is 11.8 Å². The lowest BCUT2D eigenvalue weighted by Gasteiger charge is -2.43. The minimum absolute atomic E-state index is 0.00563. The number of carbonyl (C=O) groups excluding carboxylic acids is 1. The number of likely N-dealkylation sites (tertiary alicyclic amines) is 1. The quantitative estimate of drug-likeness (QED) is 0.930. The number of carbonyl (C=O) groups is 2. The predicted octanol–water partition coefficient (Wildman–Crippen LogP) is 2.35. The molecule has 1 saturated heterocycles. The van der Waals surface area contributed by atoms with Gasteiger partial charge >= 0.3 is 5.97 Å². The van der Waals surface area contributed by atoms with Crippen molar-refractivity contribution in [1.82, 2.24) is 4.90 Å². The molecule has 3 rings (SSSR count). The molecule has 20 heavy (non-hydrogen) atoms. The van der Waals surface area contributed by atoms with Crippen molar-refractivity contribution in [2.24, 2.45) is 11.8 Å². The molecule has 1 N–H and O–H groups in total. The number of carboxylic acid groups (broad SMARTS) is 1. The Balaban J connectivity index is 1.64. The van der Waals surface area contributed by atoms with Crippen LogP contribution in [0.2, 0.25) is 0 Å².